The lowest BCUT2D eigenvalue weighted by Gasteiger charge is -2.18. The second-order valence-corrected chi connectivity index (χ2v) is 3.71. The number of anilines is 2. The molecular weight excluding hydrogens is 222 g/mol. The van der Waals surface area contributed by atoms with Crippen molar-refractivity contribution in [2.24, 2.45) is 0 Å². The lowest BCUT2D eigenvalue weighted by atomic mass is 10.3. The molecule has 1 heterocycles. The fourth-order valence-corrected chi connectivity index (χ4v) is 1.43. The van der Waals surface area contributed by atoms with Crippen molar-refractivity contribution < 1.29 is 4.92 Å². The first-order chi connectivity index (χ1) is 8.06. The van der Waals surface area contributed by atoms with Crippen LogP contribution in [-0.4, -0.2) is 37.1 Å². The van der Waals surface area contributed by atoms with Gasteiger partial charge in [-0.05, 0) is 26.1 Å². The zero-order valence-corrected chi connectivity index (χ0v) is 10.0. The van der Waals surface area contributed by atoms with Crippen LogP contribution in [0.2, 0.25) is 0 Å². The molecule has 0 atom stereocenters. The summed E-state index contributed by atoms with van der Waals surface area (Å²) >= 11 is 0. The summed E-state index contributed by atoms with van der Waals surface area (Å²) in [7, 11) is 3.77. The molecule has 0 aliphatic carbocycles. The third-order valence-corrected chi connectivity index (χ3v) is 2.40. The third kappa shape index (κ3) is 3.56. The normalized spacial score (nSPS) is 10.2. The maximum Gasteiger partial charge on any atom is 0.311 e. The molecule has 1 aromatic heterocycles. The molecule has 0 amide bonds. The molecule has 1 rings (SSSR count). The lowest BCUT2D eigenvalue weighted by molar-refractivity contribution is -0.384. The molecule has 17 heavy (non-hydrogen) atoms. The molecule has 94 valence electrons. The number of hydrogen-bond donors (Lipinski definition) is 2. The van der Waals surface area contributed by atoms with E-state index in [1.165, 1.54) is 6.07 Å². The van der Waals surface area contributed by atoms with Gasteiger partial charge < -0.3 is 16.0 Å². The van der Waals surface area contributed by atoms with E-state index in [2.05, 4.69) is 10.3 Å². The summed E-state index contributed by atoms with van der Waals surface area (Å²) in [6, 6.07) is 2.99. The van der Waals surface area contributed by atoms with Crippen molar-refractivity contribution in [3.63, 3.8) is 0 Å². The van der Waals surface area contributed by atoms with Crippen LogP contribution in [0.4, 0.5) is 17.3 Å². The molecule has 0 unspecified atom stereocenters. The van der Waals surface area contributed by atoms with Gasteiger partial charge in [0.1, 0.15) is 5.82 Å². The molecule has 0 aliphatic rings. The SMILES string of the molecule is CNCCCN(C)c1ccc([N+](=O)[O-])c(N)n1. The third-order valence-electron chi connectivity index (χ3n) is 2.40. The molecule has 7 nitrogen and oxygen atoms in total. The van der Waals surface area contributed by atoms with Gasteiger partial charge in [-0.2, -0.15) is 0 Å². The van der Waals surface area contributed by atoms with Crippen LogP contribution >= 0.6 is 0 Å². The Kier molecular flexibility index (Phi) is 4.65. The number of pyridine rings is 1. The van der Waals surface area contributed by atoms with Crippen molar-refractivity contribution in [1.29, 1.82) is 0 Å². The molecule has 0 spiro atoms. The quantitative estimate of drug-likeness (QED) is 0.429. The summed E-state index contributed by atoms with van der Waals surface area (Å²) in [5, 5.41) is 13.6. The summed E-state index contributed by atoms with van der Waals surface area (Å²) in [5.74, 6) is 0.595. The summed E-state index contributed by atoms with van der Waals surface area (Å²) in [4.78, 5) is 16.0. The molecule has 0 aromatic carbocycles. The van der Waals surface area contributed by atoms with E-state index in [0.29, 0.717) is 5.82 Å². The Balaban J connectivity index is 2.72. The van der Waals surface area contributed by atoms with Crippen LogP contribution in [0.5, 0.6) is 0 Å². The molecule has 0 saturated carbocycles. The highest BCUT2D eigenvalue weighted by molar-refractivity contribution is 5.57. The molecule has 0 fully saturated rings. The number of aromatic nitrogens is 1. The molecule has 0 saturated heterocycles. The first kappa shape index (κ1) is 13.2. The summed E-state index contributed by atoms with van der Waals surface area (Å²) in [5.41, 5.74) is 5.37. The molecule has 0 bridgehead atoms. The first-order valence-electron chi connectivity index (χ1n) is 5.33. The van der Waals surface area contributed by atoms with Crippen molar-refractivity contribution in [2.75, 3.05) is 37.8 Å². The number of nitro groups is 1. The molecule has 7 heteroatoms. The average Bonchev–Trinajstić information content (AvgIpc) is 2.28. The van der Waals surface area contributed by atoms with E-state index in [0.717, 1.165) is 19.5 Å². The van der Waals surface area contributed by atoms with E-state index in [1.807, 2.05) is 19.0 Å². The number of nitrogens with one attached hydrogen (secondary N) is 1. The van der Waals surface area contributed by atoms with Crippen molar-refractivity contribution in [3.8, 4) is 0 Å². The van der Waals surface area contributed by atoms with E-state index >= 15 is 0 Å². The fourth-order valence-electron chi connectivity index (χ4n) is 1.43. The Hall–Kier alpha value is -1.89. The van der Waals surface area contributed by atoms with Crippen LogP contribution in [0.25, 0.3) is 0 Å². The van der Waals surface area contributed by atoms with Crippen LogP contribution in [0.15, 0.2) is 12.1 Å². The van der Waals surface area contributed by atoms with Crippen LogP contribution in [0.1, 0.15) is 6.42 Å². The fraction of sp³-hybridized carbons (Fsp3) is 0.500. The van der Waals surface area contributed by atoms with E-state index in [4.69, 9.17) is 5.73 Å². The zero-order valence-electron chi connectivity index (χ0n) is 10.0. The summed E-state index contributed by atoms with van der Waals surface area (Å²) < 4.78 is 0. The van der Waals surface area contributed by atoms with E-state index in [-0.39, 0.29) is 11.5 Å². The predicted molar refractivity (Wildman–Crippen MR) is 67.1 cm³/mol. The summed E-state index contributed by atoms with van der Waals surface area (Å²) in [6.07, 6.45) is 0.964. The Labute approximate surface area is 99.8 Å². The van der Waals surface area contributed by atoms with Crippen LogP contribution in [-0.2, 0) is 0 Å². The molecule has 3 N–H and O–H groups in total. The number of rotatable bonds is 6. The number of nitrogens with zero attached hydrogens (tertiary/aromatic N) is 3. The standard InChI is InChI=1S/C10H17N5O2/c1-12-6-3-7-14(2)9-5-4-8(15(16)17)10(11)13-9/h4-5,12H,3,6-7H2,1-2H3,(H2,11,13). The molecular formula is C10H17N5O2. The number of nitrogen functional groups attached to an aromatic ring is 1. The first-order valence-corrected chi connectivity index (χ1v) is 5.33. The topological polar surface area (TPSA) is 97.3 Å². The number of hydrogen-bond acceptors (Lipinski definition) is 6. The van der Waals surface area contributed by atoms with Gasteiger partial charge in [0.05, 0.1) is 4.92 Å². The van der Waals surface area contributed by atoms with Crippen molar-refractivity contribution >= 4 is 17.3 Å². The van der Waals surface area contributed by atoms with Gasteiger partial charge in [0, 0.05) is 19.7 Å². The smallest absolute Gasteiger partial charge is 0.311 e. The largest absolute Gasteiger partial charge is 0.378 e. The maximum atomic E-state index is 10.6. The zero-order chi connectivity index (χ0) is 12.8. The highest BCUT2D eigenvalue weighted by Gasteiger charge is 2.14. The van der Waals surface area contributed by atoms with Crippen LogP contribution in [0, 0.1) is 10.1 Å². The Morgan fingerprint density at radius 2 is 2.29 bits per heavy atom. The van der Waals surface area contributed by atoms with Gasteiger partial charge in [-0.15, -0.1) is 0 Å². The van der Waals surface area contributed by atoms with Crippen molar-refractivity contribution in [2.45, 2.75) is 6.42 Å². The Morgan fingerprint density at radius 1 is 1.59 bits per heavy atom. The monoisotopic (exact) mass is 239 g/mol. The highest BCUT2D eigenvalue weighted by atomic mass is 16.6. The Bertz CT molecular complexity index is 396. The second-order valence-electron chi connectivity index (χ2n) is 3.71. The number of nitrogens with two attached hydrogens (primary N) is 1. The van der Waals surface area contributed by atoms with Gasteiger partial charge in [-0.25, -0.2) is 4.98 Å². The van der Waals surface area contributed by atoms with E-state index in [9.17, 15) is 10.1 Å². The van der Waals surface area contributed by atoms with Gasteiger partial charge in [0.15, 0.2) is 0 Å². The minimum atomic E-state index is -0.535. The van der Waals surface area contributed by atoms with Crippen LogP contribution < -0.4 is 16.0 Å². The van der Waals surface area contributed by atoms with Crippen molar-refractivity contribution in [3.05, 3.63) is 22.2 Å². The Morgan fingerprint density at radius 3 is 2.82 bits per heavy atom. The minimum absolute atomic E-state index is 0.0482. The molecule has 1 aromatic rings. The second kappa shape index (κ2) is 6.00. The van der Waals surface area contributed by atoms with Gasteiger partial charge in [-0.3, -0.25) is 10.1 Å². The molecule has 0 radical (unpaired) electrons. The van der Waals surface area contributed by atoms with Gasteiger partial charge in [0.2, 0.25) is 5.82 Å². The van der Waals surface area contributed by atoms with E-state index < -0.39 is 4.92 Å². The minimum Gasteiger partial charge on any atom is -0.378 e. The predicted octanol–water partition coefficient (Wildman–Crippen LogP) is 0.618. The van der Waals surface area contributed by atoms with Gasteiger partial charge >= 0.3 is 5.69 Å². The summed E-state index contributed by atoms with van der Waals surface area (Å²) in [6.45, 7) is 1.72. The van der Waals surface area contributed by atoms with Gasteiger partial charge in [0.25, 0.3) is 0 Å². The maximum absolute atomic E-state index is 10.6. The van der Waals surface area contributed by atoms with Gasteiger partial charge in [-0.1, -0.05) is 0 Å². The van der Waals surface area contributed by atoms with Crippen molar-refractivity contribution in [1.82, 2.24) is 10.3 Å². The van der Waals surface area contributed by atoms with E-state index in [1.54, 1.807) is 6.07 Å². The molecule has 0 aliphatic heterocycles. The van der Waals surface area contributed by atoms with Crippen LogP contribution in [0.3, 0.4) is 0 Å². The lowest BCUT2D eigenvalue weighted by Crippen LogP contribution is -2.23. The average molecular weight is 239 g/mol. The highest BCUT2D eigenvalue weighted by Crippen LogP contribution is 2.22.